The van der Waals surface area contributed by atoms with Crippen molar-refractivity contribution in [3.8, 4) is 5.75 Å². The van der Waals surface area contributed by atoms with Gasteiger partial charge in [-0.2, -0.15) is 0 Å². The molecular formula is C13H11BrO3. The lowest BCUT2D eigenvalue weighted by atomic mass is 10.1. The van der Waals surface area contributed by atoms with Crippen molar-refractivity contribution in [3.63, 3.8) is 0 Å². The fourth-order valence-corrected chi connectivity index (χ4v) is 1.96. The molecule has 0 aliphatic rings. The van der Waals surface area contributed by atoms with Gasteiger partial charge in [-0.25, -0.2) is 0 Å². The molecule has 0 fully saturated rings. The number of halogens is 1. The van der Waals surface area contributed by atoms with Crippen LogP contribution in [0.5, 0.6) is 5.75 Å². The molecule has 1 heterocycles. The minimum Gasteiger partial charge on any atom is -0.493 e. The molecule has 0 amide bonds. The second-order valence-corrected chi connectivity index (χ2v) is 4.24. The van der Waals surface area contributed by atoms with E-state index in [-0.39, 0.29) is 5.78 Å². The van der Waals surface area contributed by atoms with Gasteiger partial charge in [0.2, 0.25) is 5.78 Å². The lowest BCUT2D eigenvalue weighted by Crippen LogP contribution is -2.00. The fourth-order valence-electron chi connectivity index (χ4n) is 1.46. The summed E-state index contributed by atoms with van der Waals surface area (Å²) in [6.45, 7) is 2.50. The van der Waals surface area contributed by atoms with E-state index < -0.39 is 0 Å². The van der Waals surface area contributed by atoms with Crippen LogP contribution in [0.1, 0.15) is 23.0 Å². The van der Waals surface area contributed by atoms with Crippen LogP contribution in [0.3, 0.4) is 0 Å². The third kappa shape index (κ3) is 2.58. The van der Waals surface area contributed by atoms with E-state index in [2.05, 4.69) is 15.9 Å². The molecule has 0 bridgehead atoms. The molecule has 2 aromatic rings. The van der Waals surface area contributed by atoms with Crippen molar-refractivity contribution in [2.75, 3.05) is 6.61 Å². The fraction of sp³-hybridized carbons (Fsp3) is 0.154. The summed E-state index contributed by atoms with van der Waals surface area (Å²) >= 11 is 3.37. The zero-order valence-corrected chi connectivity index (χ0v) is 10.9. The second-order valence-electron chi connectivity index (χ2n) is 3.38. The number of furan rings is 1. The van der Waals surface area contributed by atoms with Gasteiger partial charge in [0.25, 0.3) is 0 Å². The zero-order chi connectivity index (χ0) is 12.3. The van der Waals surface area contributed by atoms with Crippen LogP contribution in [0.2, 0.25) is 0 Å². The van der Waals surface area contributed by atoms with Gasteiger partial charge < -0.3 is 9.15 Å². The predicted octanol–water partition coefficient (Wildman–Crippen LogP) is 3.67. The predicted molar refractivity (Wildman–Crippen MR) is 67.5 cm³/mol. The van der Waals surface area contributed by atoms with Gasteiger partial charge in [-0.3, -0.25) is 4.79 Å². The molecule has 0 aliphatic carbocycles. The molecule has 0 radical (unpaired) electrons. The molecule has 3 nitrogen and oxygen atoms in total. The van der Waals surface area contributed by atoms with Crippen LogP contribution >= 0.6 is 15.9 Å². The van der Waals surface area contributed by atoms with Crippen molar-refractivity contribution in [1.29, 1.82) is 0 Å². The number of ketones is 1. The summed E-state index contributed by atoms with van der Waals surface area (Å²) in [5, 5.41) is 0. The smallest absolute Gasteiger partial charge is 0.228 e. The average molecular weight is 295 g/mol. The van der Waals surface area contributed by atoms with Crippen LogP contribution < -0.4 is 4.74 Å². The van der Waals surface area contributed by atoms with Gasteiger partial charge in [-0.1, -0.05) is 0 Å². The standard InChI is InChI=1S/C13H11BrO3/c1-2-16-11-6-5-9(8-10(11)14)13(15)12-4-3-7-17-12/h3-8H,2H2,1H3. The van der Waals surface area contributed by atoms with Crippen LogP contribution in [0, 0.1) is 0 Å². The zero-order valence-electron chi connectivity index (χ0n) is 9.27. The maximum atomic E-state index is 12.0. The van der Waals surface area contributed by atoms with E-state index in [1.54, 1.807) is 30.3 Å². The number of ether oxygens (including phenoxy) is 1. The average Bonchev–Trinajstić information content (AvgIpc) is 2.84. The molecule has 0 saturated heterocycles. The first kappa shape index (κ1) is 11.9. The van der Waals surface area contributed by atoms with Crippen LogP contribution in [0.25, 0.3) is 0 Å². The van der Waals surface area contributed by atoms with E-state index >= 15 is 0 Å². The van der Waals surface area contributed by atoms with E-state index in [1.807, 2.05) is 6.92 Å². The van der Waals surface area contributed by atoms with E-state index in [0.29, 0.717) is 17.9 Å². The van der Waals surface area contributed by atoms with Crippen molar-refractivity contribution in [3.05, 3.63) is 52.4 Å². The minimum absolute atomic E-state index is 0.140. The summed E-state index contributed by atoms with van der Waals surface area (Å²) in [4.78, 5) is 12.0. The van der Waals surface area contributed by atoms with Crippen LogP contribution in [0.15, 0.2) is 45.5 Å². The number of hydrogen-bond donors (Lipinski definition) is 0. The maximum absolute atomic E-state index is 12.0. The summed E-state index contributed by atoms with van der Waals surface area (Å²) in [5.41, 5.74) is 0.565. The van der Waals surface area contributed by atoms with Crippen molar-refractivity contribution >= 4 is 21.7 Å². The number of carbonyl (C=O) groups is 1. The lowest BCUT2D eigenvalue weighted by molar-refractivity contribution is 0.101. The largest absolute Gasteiger partial charge is 0.493 e. The molecule has 0 unspecified atom stereocenters. The molecule has 0 saturated carbocycles. The Hall–Kier alpha value is -1.55. The molecule has 1 aromatic heterocycles. The van der Waals surface area contributed by atoms with Gasteiger partial charge in [0.05, 0.1) is 17.3 Å². The molecular weight excluding hydrogens is 284 g/mol. The Bertz CT molecular complexity index is 517. The molecule has 0 spiro atoms. The monoisotopic (exact) mass is 294 g/mol. The highest BCUT2D eigenvalue weighted by Gasteiger charge is 2.13. The Morgan fingerprint density at radius 2 is 2.24 bits per heavy atom. The van der Waals surface area contributed by atoms with Gasteiger partial charge >= 0.3 is 0 Å². The van der Waals surface area contributed by atoms with Crippen molar-refractivity contribution in [2.24, 2.45) is 0 Å². The molecule has 0 N–H and O–H groups in total. The Labute approximate surface area is 108 Å². The summed E-state index contributed by atoms with van der Waals surface area (Å²) in [6.07, 6.45) is 1.48. The van der Waals surface area contributed by atoms with Gasteiger partial charge in [-0.05, 0) is 53.2 Å². The van der Waals surface area contributed by atoms with Gasteiger partial charge in [0.1, 0.15) is 5.75 Å². The number of hydrogen-bond acceptors (Lipinski definition) is 3. The summed E-state index contributed by atoms with van der Waals surface area (Å²) < 4.78 is 11.2. The molecule has 0 aliphatic heterocycles. The van der Waals surface area contributed by atoms with E-state index in [4.69, 9.17) is 9.15 Å². The third-order valence-electron chi connectivity index (χ3n) is 2.24. The third-order valence-corrected chi connectivity index (χ3v) is 2.86. The molecule has 1 aromatic carbocycles. The van der Waals surface area contributed by atoms with Crippen molar-refractivity contribution in [2.45, 2.75) is 6.92 Å². The molecule has 17 heavy (non-hydrogen) atoms. The Morgan fingerprint density at radius 3 is 2.82 bits per heavy atom. The highest BCUT2D eigenvalue weighted by atomic mass is 79.9. The van der Waals surface area contributed by atoms with E-state index in [1.165, 1.54) is 6.26 Å². The highest BCUT2D eigenvalue weighted by molar-refractivity contribution is 9.10. The topological polar surface area (TPSA) is 39.4 Å². The van der Waals surface area contributed by atoms with Gasteiger partial charge in [0, 0.05) is 5.56 Å². The quantitative estimate of drug-likeness (QED) is 0.808. The normalized spacial score (nSPS) is 10.2. The summed E-state index contributed by atoms with van der Waals surface area (Å²) in [7, 11) is 0. The van der Waals surface area contributed by atoms with Gasteiger partial charge in [0.15, 0.2) is 5.76 Å². The molecule has 4 heteroatoms. The van der Waals surface area contributed by atoms with E-state index in [9.17, 15) is 4.79 Å². The molecule has 2 rings (SSSR count). The Morgan fingerprint density at radius 1 is 1.41 bits per heavy atom. The first-order valence-corrected chi connectivity index (χ1v) is 6.02. The minimum atomic E-state index is -0.140. The van der Waals surface area contributed by atoms with Crippen LogP contribution in [-0.2, 0) is 0 Å². The Kier molecular flexibility index (Phi) is 3.64. The first-order chi connectivity index (χ1) is 8.22. The second kappa shape index (κ2) is 5.19. The molecule has 88 valence electrons. The molecule has 0 atom stereocenters. The lowest BCUT2D eigenvalue weighted by Gasteiger charge is -2.06. The number of benzene rings is 1. The van der Waals surface area contributed by atoms with Crippen molar-refractivity contribution < 1.29 is 13.9 Å². The van der Waals surface area contributed by atoms with Crippen LogP contribution in [0.4, 0.5) is 0 Å². The first-order valence-electron chi connectivity index (χ1n) is 5.23. The Balaban J connectivity index is 2.29. The number of rotatable bonds is 4. The number of carbonyl (C=O) groups excluding carboxylic acids is 1. The van der Waals surface area contributed by atoms with Crippen molar-refractivity contribution in [1.82, 2.24) is 0 Å². The van der Waals surface area contributed by atoms with Crippen LogP contribution in [-0.4, -0.2) is 12.4 Å². The summed E-state index contributed by atoms with van der Waals surface area (Å²) in [5.74, 6) is 0.920. The highest BCUT2D eigenvalue weighted by Crippen LogP contribution is 2.27. The maximum Gasteiger partial charge on any atom is 0.228 e. The SMILES string of the molecule is CCOc1ccc(C(=O)c2ccco2)cc1Br. The van der Waals surface area contributed by atoms with Gasteiger partial charge in [-0.15, -0.1) is 0 Å². The van der Waals surface area contributed by atoms with E-state index in [0.717, 1.165) is 10.2 Å². The summed E-state index contributed by atoms with van der Waals surface area (Å²) in [6, 6.07) is 8.56.